The Kier molecular flexibility index (Phi) is 6.36. The van der Waals surface area contributed by atoms with Crippen LogP contribution in [0.25, 0.3) is 11.0 Å². The number of imidazole rings is 1. The number of thioether (sulfide) groups is 1. The number of anilines is 1. The molecule has 0 saturated heterocycles. The lowest BCUT2D eigenvalue weighted by molar-refractivity contribution is -0.128. The minimum absolute atomic E-state index is 0.0206. The van der Waals surface area contributed by atoms with Gasteiger partial charge in [0.2, 0.25) is 11.8 Å². The average molecular weight is 397 g/mol. The number of carbonyl (C=O) groups is 2. The van der Waals surface area contributed by atoms with Crippen LogP contribution in [0.4, 0.5) is 5.69 Å². The van der Waals surface area contributed by atoms with Crippen LogP contribution in [0.3, 0.4) is 0 Å². The highest BCUT2D eigenvalue weighted by Crippen LogP contribution is 2.20. The highest BCUT2D eigenvalue weighted by Gasteiger charge is 2.15. The third-order valence-electron chi connectivity index (χ3n) is 4.55. The van der Waals surface area contributed by atoms with Gasteiger partial charge in [0, 0.05) is 26.2 Å². The molecule has 0 bridgehead atoms. The molecule has 0 aliphatic heterocycles. The highest BCUT2D eigenvalue weighted by molar-refractivity contribution is 7.97. The normalized spacial score (nSPS) is 10.8. The van der Waals surface area contributed by atoms with E-state index in [1.807, 2.05) is 59.4 Å². The van der Waals surface area contributed by atoms with Crippen molar-refractivity contribution in [2.24, 2.45) is 0 Å². The summed E-state index contributed by atoms with van der Waals surface area (Å²) < 4.78 is 1.96. The van der Waals surface area contributed by atoms with Crippen LogP contribution in [0, 0.1) is 0 Å². The molecule has 6 nitrogen and oxygen atoms in total. The molecular formula is C21H24N4O2S. The number of aromatic nitrogens is 2. The zero-order valence-corrected chi connectivity index (χ0v) is 17.1. The molecule has 3 aromatic rings. The van der Waals surface area contributed by atoms with Crippen LogP contribution in [0.1, 0.15) is 18.3 Å². The van der Waals surface area contributed by atoms with E-state index in [4.69, 9.17) is 0 Å². The largest absolute Gasteiger partial charge is 0.342 e. The Hall–Kier alpha value is -2.80. The number of amides is 2. The molecule has 0 atom stereocenters. The first-order valence-corrected chi connectivity index (χ1v) is 10.4. The van der Waals surface area contributed by atoms with E-state index in [2.05, 4.69) is 10.3 Å². The second-order valence-electron chi connectivity index (χ2n) is 6.62. The van der Waals surface area contributed by atoms with E-state index < -0.39 is 0 Å². The molecule has 1 N–H and O–H groups in total. The van der Waals surface area contributed by atoms with Gasteiger partial charge in [-0.25, -0.2) is 4.98 Å². The lowest BCUT2D eigenvalue weighted by Crippen LogP contribution is -2.25. The topological polar surface area (TPSA) is 67.2 Å². The van der Waals surface area contributed by atoms with Crippen molar-refractivity contribution in [2.75, 3.05) is 18.6 Å². The molecule has 0 aliphatic rings. The first kappa shape index (κ1) is 19.9. The van der Waals surface area contributed by atoms with Gasteiger partial charge >= 0.3 is 0 Å². The Morgan fingerprint density at radius 2 is 1.86 bits per heavy atom. The van der Waals surface area contributed by atoms with Gasteiger partial charge in [-0.1, -0.05) is 30.3 Å². The second kappa shape index (κ2) is 8.93. The number of benzene rings is 2. The molecule has 0 unspecified atom stereocenters. The van der Waals surface area contributed by atoms with E-state index in [9.17, 15) is 9.59 Å². The lowest BCUT2D eigenvalue weighted by Gasteiger charge is -2.18. The van der Waals surface area contributed by atoms with E-state index in [0.717, 1.165) is 33.9 Å². The van der Waals surface area contributed by atoms with Crippen molar-refractivity contribution in [3.05, 3.63) is 59.9 Å². The number of rotatable bonds is 7. The van der Waals surface area contributed by atoms with Gasteiger partial charge in [-0.3, -0.25) is 9.59 Å². The Morgan fingerprint density at radius 3 is 2.61 bits per heavy atom. The molecule has 7 heteroatoms. The molecule has 1 heterocycles. The Bertz CT molecular complexity index is 999. The minimum atomic E-state index is -0.122. The Labute approximate surface area is 168 Å². The van der Waals surface area contributed by atoms with Crippen LogP contribution >= 0.6 is 11.8 Å². The third kappa shape index (κ3) is 4.54. The molecule has 0 fully saturated rings. The summed E-state index contributed by atoms with van der Waals surface area (Å²) in [5.74, 6) is 1.48. The first-order chi connectivity index (χ1) is 13.5. The van der Waals surface area contributed by atoms with Gasteiger partial charge < -0.3 is 14.8 Å². The predicted octanol–water partition coefficient (Wildman–Crippen LogP) is 3.52. The van der Waals surface area contributed by atoms with Gasteiger partial charge in [-0.05, 0) is 30.0 Å². The second-order valence-corrected chi connectivity index (χ2v) is 7.48. The van der Waals surface area contributed by atoms with E-state index in [-0.39, 0.29) is 18.4 Å². The summed E-state index contributed by atoms with van der Waals surface area (Å²) in [7, 11) is 1.74. The standard InChI is InChI=1S/C21H24N4O2S/c1-15(26)24(2)12-16-8-4-5-9-17(16)23-21(27)13-25-19-11-7-6-10-18(19)22-20(25)14-28-3/h4-11H,12-14H2,1-3H3,(H,23,27). The molecule has 0 radical (unpaired) electrons. The fourth-order valence-corrected chi connectivity index (χ4v) is 3.50. The number of para-hydroxylation sites is 3. The van der Waals surface area contributed by atoms with Crippen LogP contribution in [-0.2, 0) is 28.4 Å². The molecule has 2 amide bonds. The van der Waals surface area contributed by atoms with Crippen molar-refractivity contribution >= 4 is 40.3 Å². The van der Waals surface area contributed by atoms with Crippen molar-refractivity contribution in [3.63, 3.8) is 0 Å². The number of carbonyl (C=O) groups excluding carboxylic acids is 2. The third-order valence-corrected chi connectivity index (χ3v) is 5.09. The van der Waals surface area contributed by atoms with Gasteiger partial charge in [-0.15, -0.1) is 0 Å². The number of hydrogen-bond donors (Lipinski definition) is 1. The molecule has 146 valence electrons. The first-order valence-electron chi connectivity index (χ1n) is 9.02. The Morgan fingerprint density at radius 1 is 1.14 bits per heavy atom. The average Bonchev–Trinajstić information content (AvgIpc) is 3.01. The van der Waals surface area contributed by atoms with E-state index in [1.54, 1.807) is 23.7 Å². The molecule has 0 spiro atoms. The number of nitrogens with zero attached hydrogens (tertiary/aromatic N) is 3. The number of fused-ring (bicyclic) bond motifs is 1. The SMILES string of the molecule is CSCc1nc2ccccc2n1CC(=O)Nc1ccccc1CN(C)C(C)=O. The number of nitrogens with one attached hydrogen (secondary N) is 1. The van der Waals surface area contributed by atoms with Crippen LogP contribution in [0.15, 0.2) is 48.5 Å². The number of hydrogen-bond acceptors (Lipinski definition) is 4. The molecule has 3 rings (SSSR count). The minimum Gasteiger partial charge on any atom is -0.342 e. The summed E-state index contributed by atoms with van der Waals surface area (Å²) in [5, 5.41) is 2.99. The molecular weight excluding hydrogens is 372 g/mol. The summed E-state index contributed by atoms with van der Waals surface area (Å²) in [4.78, 5) is 30.6. The molecule has 1 aromatic heterocycles. The van der Waals surface area contributed by atoms with Crippen molar-refractivity contribution in [1.82, 2.24) is 14.5 Å². The van der Waals surface area contributed by atoms with Crippen LogP contribution in [0.5, 0.6) is 0 Å². The van der Waals surface area contributed by atoms with Crippen LogP contribution in [-0.4, -0.2) is 39.6 Å². The predicted molar refractivity (Wildman–Crippen MR) is 114 cm³/mol. The van der Waals surface area contributed by atoms with Crippen LogP contribution < -0.4 is 5.32 Å². The quantitative estimate of drug-likeness (QED) is 0.664. The van der Waals surface area contributed by atoms with Gasteiger partial charge in [0.1, 0.15) is 12.4 Å². The maximum atomic E-state index is 12.8. The zero-order chi connectivity index (χ0) is 20.1. The molecule has 0 aliphatic carbocycles. The van der Waals surface area contributed by atoms with Gasteiger partial charge in [0.25, 0.3) is 0 Å². The van der Waals surface area contributed by atoms with Crippen molar-refractivity contribution in [3.8, 4) is 0 Å². The summed E-state index contributed by atoms with van der Waals surface area (Å²) in [6.45, 7) is 2.16. The summed E-state index contributed by atoms with van der Waals surface area (Å²) in [6.07, 6.45) is 2.02. The van der Waals surface area contributed by atoms with Crippen LogP contribution in [0.2, 0.25) is 0 Å². The van der Waals surface area contributed by atoms with E-state index >= 15 is 0 Å². The monoisotopic (exact) mass is 396 g/mol. The van der Waals surface area contributed by atoms with E-state index in [0.29, 0.717) is 6.54 Å². The van der Waals surface area contributed by atoms with Gasteiger partial charge in [0.05, 0.1) is 16.8 Å². The van der Waals surface area contributed by atoms with Crippen molar-refractivity contribution in [2.45, 2.75) is 25.8 Å². The van der Waals surface area contributed by atoms with Gasteiger partial charge in [-0.2, -0.15) is 11.8 Å². The highest BCUT2D eigenvalue weighted by atomic mass is 32.2. The lowest BCUT2D eigenvalue weighted by atomic mass is 10.1. The van der Waals surface area contributed by atoms with Crippen molar-refractivity contribution in [1.29, 1.82) is 0 Å². The summed E-state index contributed by atoms with van der Waals surface area (Å²) in [5.41, 5.74) is 3.46. The van der Waals surface area contributed by atoms with Crippen molar-refractivity contribution < 1.29 is 9.59 Å². The molecule has 2 aromatic carbocycles. The molecule has 0 saturated carbocycles. The zero-order valence-electron chi connectivity index (χ0n) is 16.3. The Balaban J connectivity index is 1.81. The fraction of sp³-hybridized carbons (Fsp3) is 0.286. The molecule has 28 heavy (non-hydrogen) atoms. The maximum Gasteiger partial charge on any atom is 0.244 e. The fourth-order valence-electron chi connectivity index (χ4n) is 3.02. The maximum absolute atomic E-state index is 12.8. The smallest absolute Gasteiger partial charge is 0.244 e. The summed E-state index contributed by atoms with van der Waals surface area (Å²) >= 11 is 1.67. The van der Waals surface area contributed by atoms with Gasteiger partial charge in [0.15, 0.2) is 0 Å². The van der Waals surface area contributed by atoms with E-state index in [1.165, 1.54) is 6.92 Å². The summed E-state index contributed by atoms with van der Waals surface area (Å²) in [6, 6.07) is 15.4.